The number of halogens is 1. The Kier molecular flexibility index (Phi) is 5.88. The van der Waals surface area contributed by atoms with E-state index in [0.29, 0.717) is 5.92 Å². The Bertz CT molecular complexity index is 522. The first-order valence-corrected chi connectivity index (χ1v) is 7.64. The zero-order chi connectivity index (χ0) is 15.1. The first-order valence-electron chi connectivity index (χ1n) is 7.26. The Morgan fingerprint density at radius 1 is 1.38 bits per heavy atom. The molecular formula is C17H21ClN2O. The van der Waals surface area contributed by atoms with Crippen LogP contribution in [-0.4, -0.2) is 25.5 Å². The Labute approximate surface area is 131 Å². The number of hydrogen-bond acceptors (Lipinski definition) is 2. The summed E-state index contributed by atoms with van der Waals surface area (Å²) in [6.45, 7) is 4.65. The molecule has 0 aromatic heterocycles. The smallest absolute Gasteiger partial charge is 0.243 e. The van der Waals surface area contributed by atoms with Crippen LogP contribution >= 0.6 is 11.6 Å². The Morgan fingerprint density at radius 3 is 2.86 bits per heavy atom. The molecule has 1 saturated heterocycles. The number of amides is 1. The Balaban J connectivity index is 1.77. The van der Waals surface area contributed by atoms with Crippen molar-refractivity contribution >= 4 is 23.2 Å². The van der Waals surface area contributed by atoms with Crippen LogP contribution in [-0.2, 0) is 4.79 Å². The number of carbonyl (C=O) groups is 1. The summed E-state index contributed by atoms with van der Waals surface area (Å²) in [5.41, 5.74) is 1.20. The van der Waals surface area contributed by atoms with Gasteiger partial charge >= 0.3 is 0 Å². The van der Waals surface area contributed by atoms with Gasteiger partial charge in [0.1, 0.15) is 0 Å². The van der Waals surface area contributed by atoms with Gasteiger partial charge in [0.05, 0.1) is 0 Å². The van der Waals surface area contributed by atoms with Gasteiger partial charge in [0.15, 0.2) is 0 Å². The second-order valence-corrected chi connectivity index (χ2v) is 5.64. The second kappa shape index (κ2) is 7.89. The summed E-state index contributed by atoms with van der Waals surface area (Å²) in [5.74, 6) is 0.470. The predicted octanol–water partition coefficient (Wildman–Crippen LogP) is 3.41. The number of carbonyl (C=O) groups excluding carboxylic acids is 1. The number of anilines is 1. The molecule has 1 aliphatic rings. The highest BCUT2D eigenvalue weighted by Gasteiger charge is 2.22. The van der Waals surface area contributed by atoms with Gasteiger partial charge in [-0.2, -0.15) is 0 Å². The molecule has 1 aliphatic heterocycles. The maximum absolute atomic E-state index is 11.6. The lowest BCUT2D eigenvalue weighted by Crippen LogP contribution is -2.29. The van der Waals surface area contributed by atoms with Gasteiger partial charge < -0.3 is 10.2 Å². The van der Waals surface area contributed by atoms with Gasteiger partial charge in [-0.3, -0.25) is 4.79 Å². The van der Waals surface area contributed by atoms with Crippen molar-refractivity contribution in [3.05, 3.63) is 53.6 Å². The number of benzene rings is 1. The van der Waals surface area contributed by atoms with Crippen molar-refractivity contribution in [1.29, 1.82) is 0 Å². The van der Waals surface area contributed by atoms with Gasteiger partial charge in [0.25, 0.3) is 0 Å². The Hall–Kier alpha value is -1.74. The fraction of sp³-hybridized carbons (Fsp3) is 0.353. The van der Waals surface area contributed by atoms with E-state index in [1.54, 1.807) is 12.2 Å². The van der Waals surface area contributed by atoms with Gasteiger partial charge in [-0.1, -0.05) is 29.8 Å². The first-order chi connectivity index (χ1) is 10.2. The predicted molar refractivity (Wildman–Crippen MR) is 88.7 cm³/mol. The number of hydrogen-bond donors (Lipinski definition) is 1. The molecule has 0 aliphatic carbocycles. The van der Waals surface area contributed by atoms with E-state index in [9.17, 15) is 4.79 Å². The third-order valence-electron chi connectivity index (χ3n) is 3.59. The van der Waals surface area contributed by atoms with E-state index >= 15 is 0 Å². The highest BCUT2D eigenvalue weighted by molar-refractivity contribution is 6.30. The van der Waals surface area contributed by atoms with Crippen molar-refractivity contribution in [1.82, 2.24) is 5.32 Å². The first kappa shape index (κ1) is 15.6. The molecule has 0 spiro atoms. The van der Waals surface area contributed by atoms with Gasteiger partial charge in [-0.25, -0.2) is 0 Å². The van der Waals surface area contributed by atoms with Crippen molar-refractivity contribution in [2.45, 2.75) is 13.3 Å². The summed E-state index contributed by atoms with van der Waals surface area (Å²) in [6, 6.07) is 7.92. The lowest BCUT2D eigenvalue weighted by molar-refractivity contribution is -0.116. The molecule has 1 unspecified atom stereocenters. The SMILES string of the molecule is C/C=C/C=C/C(=O)NCC1CCN(c2ccc(Cl)cc2)C1. The molecule has 1 aromatic rings. The van der Waals surface area contributed by atoms with E-state index in [1.165, 1.54) is 5.69 Å². The largest absolute Gasteiger partial charge is 0.371 e. The highest BCUT2D eigenvalue weighted by Crippen LogP contribution is 2.24. The lowest BCUT2D eigenvalue weighted by atomic mass is 10.1. The third-order valence-corrected chi connectivity index (χ3v) is 3.85. The molecule has 1 atom stereocenters. The third kappa shape index (κ3) is 4.94. The van der Waals surface area contributed by atoms with Crippen LogP contribution in [0.3, 0.4) is 0 Å². The van der Waals surface area contributed by atoms with Gasteiger partial charge in [0, 0.05) is 36.4 Å². The van der Waals surface area contributed by atoms with Crippen molar-refractivity contribution in [3.8, 4) is 0 Å². The molecule has 1 amide bonds. The maximum atomic E-state index is 11.6. The summed E-state index contributed by atoms with van der Waals surface area (Å²) in [6.07, 6.45) is 8.15. The number of rotatable bonds is 5. The van der Waals surface area contributed by atoms with Crippen LogP contribution in [0.15, 0.2) is 48.6 Å². The van der Waals surface area contributed by atoms with Gasteiger partial charge in [0.2, 0.25) is 5.91 Å². The molecule has 4 heteroatoms. The van der Waals surface area contributed by atoms with Crippen LogP contribution in [0.1, 0.15) is 13.3 Å². The minimum atomic E-state index is -0.0296. The summed E-state index contributed by atoms with van der Waals surface area (Å²) >= 11 is 5.91. The highest BCUT2D eigenvalue weighted by atomic mass is 35.5. The molecule has 112 valence electrons. The van der Waals surface area contributed by atoms with Crippen LogP contribution in [0.25, 0.3) is 0 Å². The van der Waals surface area contributed by atoms with Gasteiger partial charge in [-0.05, 0) is 43.5 Å². The molecule has 0 saturated carbocycles. The molecule has 0 bridgehead atoms. The van der Waals surface area contributed by atoms with Crippen molar-refractivity contribution < 1.29 is 4.79 Å². The minimum absolute atomic E-state index is 0.0296. The van der Waals surface area contributed by atoms with E-state index < -0.39 is 0 Å². The van der Waals surface area contributed by atoms with Gasteiger partial charge in [-0.15, -0.1) is 0 Å². The van der Waals surface area contributed by atoms with Crippen molar-refractivity contribution in [2.75, 3.05) is 24.5 Å². The average Bonchev–Trinajstić information content (AvgIpc) is 2.95. The van der Waals surface area contributed by atoms with E-state index in [2.05, 4.69) is 10.2 Å². The molecule has 1 aromatic carbocycles. The molecular weight excluding hydrogens is 284 g/mol. The van der Waals surface area contributed by atoms with E-state index in [4.69, 9.17) is 11.6 Å². The normalized spacial score (nSPS) is 18.8. The minimum Gasteiger partial charge on any atom is -0.371 e. The molecule has 1 fully saturated rings. The summed E-state index contributed by atoms with van der Waals surface area (Å²) < 4.78 is 0. The molecule has 3 nitrogen and oxygen atoms in total. The summed E-state index contributed by atoms with van der Waals surface area (Å²) in [7, 11) is 0. The van der Waals surface area contributed by atoms with Crippen molar-refractivity contribution in [2.24, 2.45) is 5.92 Å². The number of nitrogens with one attached hydrogen (secondary N) is 1. The van der Waals surface area contributed by atoms with Crippen LogP contribution < -0.4 is 10.2 Å². The van der Waals surface area contributed by atoms with Crippen molar-refractivity contribution in [3.63, 3.8) is 0 Å². The van der Waals surface area contributed by atoms with Crippen LogP contribution in [0.4, 0.5) is 5.69 Å². The summed E-state index contributed by atoms with van der Waals surface area (Å²) in [4.78, 5) is 13.9. The van der Waals surface area contributed by atoms with E-state index in [0.717, 1.165) is 31.1 Å². The quantitative estimate of drug-likeness (QED) is 0.668. The maximum Gasteiger partial charge on any atom is 0.243 e. The molecule has 1 N–H and O–H groups in total. The fourth-order valence-corrected chi connectivity index (χ4v) is 2.57. The molecule has 1 heterocycles. The molecule has 0 radical (unpaired) electrons. The average molecular weight is 305 g/mol. The fourth-order valence-electron chi connectivity index (χ4n) is 2.44. The number of allylic oxidation sites excluding steroid dienone is 3. The zero-order valence-corrected chi connectivity index (χ0v) is 13.0. The lowest BCUT2D eigenvalue weighted by Gasteiger charge is -2.18. The molecule has 21 heavy (non-hydrogen) atoms. The molecule has 2 rings (SSSR count). The standard InChI is InChI=1S/C17H21ClN2O/c1-2-3-4-5-17(21)19-12-14-10-11-20(13-14)16-8-6-15(18)7-9-16/h2-9,14H,10-13H2,1H3,(H,19,21)/b3-2+,5-4+. The van der Waals surface area contributed by atoms with Crippen LogP contribution in [0.2, 0.25) is 5.02 Å². The summed E-state index contributed by atoms with van der Waals surface area (Å²) in [5, 5.41) is 3.72. The van der Waals surface area contributed by atoms with Crippen LogP contribution in [0, 0.1) is 5.92 Å². The van der Waals surface area contributed by atoms with Crippen LogP contribution in [0.5, 0.6) is 0 Å². The number of nitrogens with zero attached hydrogens (tertiary/aromatic N) is 1. The topological polar surface area (TPSA) is 32.3 Å². The van der Waals surface area contributed by atoms with E-state index in [1.807, 2.05) is 43.3 Å². The zero-order valence-electron chi connectivity index (χ0n) is 12.3. The monoisotopic (exact) mass is 304 g/mol. The second-order valence-electron chi connectivity index (χ2n) is 5.21. The Morgan fingerprint density at radius 2 is 2.14 bits per heavy atom. The van der Waals surface area contributed by atoms with E-state index in [-0.39, 0.29) is 5.91 Å².